The molecule has 0 aliphatic rings. The van der Waals surface area contributed by atoms with Gasteiger partial charge in [0.1, 0.15) is 17.1 Å². The summed E-state index contributed by atoms with van der Waals surface area (Å²) in [5.41, 5.74) is 1.68. The molecule has 5 nitrogen and oxygen atoms in total. The molecule has 136 valence electrons. The maximum atomic E-state index is 13.0. The molecule has 0 atom stereocenters. The lowest BCUT2D eigenvalue weighted by molar-refractivity contribution is 0.0764. The highest BCUT2D eigenvalue weighted by Gasteiger charge is 2.22. The highest BCUT2D eigenvalue weighted by atomic mass is 35.5. The van der Waals surface area contributed by atoms with Gasteiger partial charge in [-0.2, -0.15) is 5.10 Å². The van der Waals surface area contributed by atoms with E-state index >= 15 is 0 Å². The molecule has 0 N–H and O–H groups in total. The fourth-order valence-electron chi connectivity index (χ4n) is 2.71. The number of nitrogens with zero attached hydrogens (tertiary/aromatic N) is 3. The standard InChI is InChI=1S/C19H19Cl2N3O2/c1-4-23(5-2)19(25)17-11-16(18-9-6-12(3)26-18)22-24(17)13-7-8-14(20)15(21)10-13/h6-11H,4-5H2,1-3H3. The summed E-state index contributed by atoms with van der Waals surface area (Å²) in [4.78, 5) is 14.7. The first kappa shape index (κ1) is 18.5. The summed E-state index contributed by atoms with van der Waals surface area (Å²) in [7, 11) is 0. The molecule has 0 radical (unpaired) electrons. The Morgan fingerprint density at radius 3 is 2.42 bits per heavy atom. The van der Waals surface area contributed by atoms with Crippen molar-refractivity contribution in [3.8, 4) is 17.1 Å². The molecule has 2 heterocycles. The molecule has 2 aromatic heterocycles. The number of halogens is 2. The number of hydrogen-bond donors (Lipinski definition) is 0. The molecular formula is C19H19Cl2N3O2. The lowest BCUT2D eigenvalue weighted by Crippen LogP contribution is -2.32. The van der Waals surface area contributed by atoms with E-state index in [2.05, 4.69) is 5.10 Å². The van der Waals surface area contributed by atoms with E-state index in [1.165, 1.54) is 0 Å². The van der Waals surface area contributed by atoms with Gasteiger partial charge in [-0.3, -0.25) is 4.79 Å². The van der Waals surface area contributed by atoms with E-state index in [-0.39, 0.29) is 5.91 Å². The molecule has 1 aromatic carbocycles. The Kier molecular flexibility index (Phi) is 5.39. The van der Waals surface area contributed by atoms with Gasteiger partial charge in [-0.1, -0.05) is 23.2 Å². The monoisotopic (exact) mass is 391 g/mol. The zero-order valence-corrected chi connectivity index (χ0v) is 16.3. The Balaban J connectivity index is 2.15. The van der Waals surface area contributed by atoms with Crippen LogP contribution in [-0.4, -0.2) is 33.7 Å². The molecule has 0 unspecified atom stereocenters. The number of carbonyl (C=O) groups is 1. The average molecular weight is 392 g/mol. The largest absolute Gasteiger partial charge is 0.460 e. The number of amides is 1. The van der Waals surface area contributed by atoms with Crippen LogP contribution in [0.1, 0.15) is 30.1 Å². The fraction of sp³-hybridized carbons (Fsp3) is 0.263. The number of carbonyl (C=O) groups excluding carboxylic acids is 1. The molecule has 7 heteroatoms. The Morgan fingerprint density at radius 2 is 1.85 bits per heavy atom. The van der Waals surface area contributed by atoms with Crippen LogP contribution < -0.4 is 0 Å². The molecule has 0 fully saturated rings. The van der Waals surface area contributed by atoms with Crippen LogP contribution in [0, 0.1) is 6.92 Å². The lowest BCUT2D eigenvalue weighted by Gasteiger charge is -2.19. The number of aromatic nitrogens is 2. The van der Waals surface area contributed by atoms with Crippen molar-refractivity contribution >= 4 is 29.1 Å². The number of furan rings is 1. The molecule has 3 aromatic rings. The Bertz CT molecular complexity index is 942. The van der Waals surface area contributed by atoms with Gasteiger partial charge in [-0.05, 0) is 51.1 Å². The summed E-state index contributed by atoms with van der Waals surface area (Å²) in [6.07, 6.45) is 0. The summed E-state index contributed by atoms with van der Waals surface area (Å²) in [5, 5.41) is 5.43. The molecule has 0 aliphatic heterocycles. The van der Waals surface area contributed by atoms with Gasteiger partial charge in [-0.25, -0.2) is 4.68 Å². The average Bonchev–Trinajstić information content (AvgIpc) is 3.24. The quantitative estimate of drug-likeness (QED) is 0.598. The van der Waals surface area contributed by atoms with E-state index in [0.29, 0.717) is 46.0 Å². The first-order chi connectivity index (χ1) is 12.4. The molecular weight excluding hydrogens is 373 g/mol. The van der Waals surface area contributed by atoms with Crippen molar-refractivity contribution in [3.63, 3.8) is 0 Å². The zero-order chi connectivity index (χ0) is 18.8. The first-order valence-corrected chi connectivity index (χ1v) is 9.11. The third kappa shape index (κ3) is 3.50. The highest BCUT2D eigenvalue weighted by Crippen LogP contribution is 2.28. The van der Waals surface area contributed by atoms with Crippen molar-refractivity contribution in [2.75, 3.05) is 13.1 Å². The summed E-state index contributed by atoms with van der Waals surface area (Å²) >= 11 is 12.2. The van der Waals surface area contributed by atoms with E-state index in [9.17, 15) is 4.79 Å². The van der Waals surface area contributed by atoms with Crippen molar-refractivity contribution in [1.29, 1.82) is 0 Å². The SMILES string of the molecule is CCN(CC)C(=O)c1cc(-c2ccc(C)o2)nn1-c1ccc(Cl)c(Cl)c1. The van der Waals surface area contributed by atoms with E-state index in [1.807, 2.05) is 32.9 Å². The minimum atomic E-state index is -0.108. The minimum Gasteiger partial charge on any atom is -0.460 e. The number of benzene rings is 1. The molecule has 0 aliphatic carbocycles. The predicted octanol–water partition coefficient (Wildman–Crippen LogP) is 5.23. The number of aryl methyl sites for hydroxylation is 1. The third-order valence-corrected chi connectivity index (χ3v) is 4.86. The van der Waals surface area contributed by atoms with Gasteiger partial charge in [0.15, 0.2) is 5.76 Å². The van der Waals surface area contributed by atoms with E-state index in [1.54, 1.807) is 33.8 Å². The van der Waals surface area contributed by atoms with Crippen LogP contribution >= 0.6 is 23.2 Å². The van der Waals surface area contributed by atoms with E-state index < -0.39 is 0 Å². The Morgan fingerprint density at radius 1 is 1.12 bits per heavy atom. The van der Waals surface area contributed by atoms with Gasteiger partial charge in [0.05, 0.1) is 15.7 Å². The number of rotatable bonds is 5. The summed E-state index contributed by atoms with van der Waals surface area (Å²) in [5.74, 6) is 1.28. The third-order valence-electron chi connectivity index (χ3n) is 4.12. The van der Waals surface area contributed by atoms with Gasteiger partial charge in [0.2, 0.25) is 0 Å². The van der Waals surface area contributed by atoms with Crippen LogP contribution in [0.3, 0.4) is 0 Å². The van der Waals surface area contributed by atoms with Crippen LogP contribution in [0.2, 0.25) is 10.0 Å². The summed E-state index contributed by atoms with van der Waals surface area (Å²) in [6.45, 7) is 6.96. The van der Waals surface area contributed by atoms with Crippen molar-refractivity contribution in [2.24, 2.45) is 0 Å². The van der Waals surface area contributed by atoms with Crippen LogP contribution in [0.4, 0.5) is 0 Å². The van der Waals surface area contributed by atoms with Gasteiger partial charge in [0.25, 0.3) is 5.91 Å². The molecule has 3 rings (SSSR count). The molecule has 26 heavy (non-hydrogen) atoms. The second kappa shape index (κ2) is 7.56. The van der Waals surface area contributed by atoms with Crippen molar-refractivity contribution < 1.29 is 9.21 Å². The molecule has 0 saturated heterocycles. The van der Waals surface area contributed by atoms with E-state index in [0.717, 1.165) is 5.76 Å². The topological polar surface area (TPSA) is 51.3 Å². The number of hydrogen-bond acceptors (Lipinski definition) is 3. The first-order valence-electron chi connectivity index (χ1n) is 8.36. The van der Waals surface area contributed by atoms with Crippen molar-refractivity contribution in [2.45, 2.75) is 20.8 Å². The van der Waals surface area contributed by atoms with Crippen LogP contribution in [0.5, 0.6) is 0 Å². The highest BCUT2D eigenvalue weighted by molar-refractivity contribution is 6.42. The van der Waals surface area contributed by atoms with Crippen molar-refractivity contribution in [3.05, 3.63) is 57.9 Å². The molecule has 1 amide bonds. The van der Waals surface area contributed by atoms with Gasteiger partial charge in [0, 0.05) is 19.2 Å². The van der Waals surface area contributed by atoms with E-state index in [4.69, 9.17) is 27.6 Å². The van der Waals surface area contributed by atoms with Gasteiger partial charge >= 0.3 is 0 Å². The Labute approximate surface area is 162 Å². The van der Waals surface area contributed by atoms with Crippen LogP contribution in [-0.2, 0) is 0 Å². The normalized spacial score (nSPS) is 11.0. The maximum absolute atomic E-state index is 13.0. The molecule has 0 bridgehead atoms. The summed E-state index contributed by atoms with van der Waals surface area (Å²) in [6, 6.07) is 10.6. The van der Waals surface area contributed by atoms with Gasteiger partial charge in [-0.15, -0.1) is 0 Å². The predicted molar refractivity (Wildman–Crippen MR) is 103 cm³/mol. The fourth-order valence-corrected chi connectivity index (χ4v) is 3.00. The molecule has 0 saturated carbocycles. The summed E-state index contributed by atoms with van der Waals surface area (Å²) < 4.78 is 7.24. The maximum Gasteiger partial charge on any atom is 0.272 e. The second-order valence-corrected chi connectivity index (χ2v) is 6.63. The smallest absolute Gasteiger partial charge is 0.272 e. The second-order valence-electron chi connectivity index (χ2n) is 5.81. The minimum absolute atomic E-state index is 0.108. The van der Waals surface area contributed by atoms with Crippen molar-refractivity contribution in [1.82, 2.24) is 14.7 Å². The van der Waals surface area contributed by atoms with Crippen LogP contribution in [0.25, 0.3) is 17.1 Å². The van der Waals surface area contributed by atoms with Crippen LogP contribution in [0.15, 0.2) is 40.8 Å². The molecule has 0 spiro atoms. The van der Waals surface area contributed by atoms with Gasteiger partial charge < -0.3 is 9.32 Å². The zero-order valence-electron chi connectivity index (χ0n) is 14.8. The Hall–Kier alpha value is -2.24. The lowest BCUT2D eigenvalue weighted by atomic mass is 10.2.